The third-order valence-corrected chi connectivity index (χ3v) is 16.1. The molecule has 90 heavy (non-hydrogen) atoms. The Morgan fingerprint density at radius 1 is 0.311 bits per heavy atom. The summed E-state index contributed by atoms with van der Waals surface area (Å²) in [4.78, 5) is 34.4. The van der Waals surface area contributed by atoms with Gasteiger partial charge in [0.25, 0.3) is 19.0 Å². The molecule has 17 heteroatoms. The van der Waals surface area contributed by atoms with Crippen molar-refractivity contribution in [3.63, 3.8) is 0 Å². The first-order chi connectivity index (χ1) is 43.2. The molecule has 0 atom stereocenters. The van der Waals surface area contributed by atoms with E-state index >= 15 is 0 Å². The predicted molar refractivity (Wildman–Crippen MR) is 342 cm³/mol. The zero-order valence-electron chi connectivity index (χ0n) is 51.7. The fourth-order valence-corrected chi connectivity index (χ4v) is 12.0. The van der Waals surface area contributed by atoms with Crippen LogP contribution < -0.4 is 13.7 Å². The summed E-state index contributed by atoms with van der Waals surface area (Å²) in [5.74, 6) is -1.64. The zero-order valence-corrected chi connectivity index (χ0v) is 51.7. The Balaban J connectivity index is 0.000000124. The molecule has 0 amide bonds. The van der Waals surface area contributed by atoms with E-state index in [1.54, 1.807) is 18.2 Å². The van der Waals surface area contributed by atoms with Gasteiger partial charge in [0.1, 0.15) is 33.8 Å². The van der Waals surface area contributed by atoms with Gasteiger partial charge < -0.3 is 13.3 Å². The second kappa shape index (κ2) is 23.0. The average Bonchev–Trinajstić information content (AvgIpc) is 1.72. The number of rotatable bonds is 6. The van der Waals surface area contributed by atoms with Crippen LogP contribution in [0.3, 0.4) is 0 Å². The van der Waals surface area contributed by atoms with Crippen LogP contribution >= 0.6 is 0 Å². The van der Waals surface area contributed by atoms with Crippen molar-refractivity contribution in [2.75, 3.05) is 0 Å². The molecule has 0 saturated heterocycles. The number of aryl methyl sites for hydroxylation is 12. The number of benzene rings is 4. The lowest BCUT2D eigenvalue weighted by Crippen LogP contribution is -2.31. The number of fused-ring (bicyclic) bond motifs is 9. The molecule has 0 aliphatic rings. The van der Waals surface area contributed by atoms with Gasteiger partial charge in [-0.3, -0.25) is 9.97 Å². The monoisotopic (exact) mass is 1200 g/mol. The fourth-order valence-electron chi connectivity index (χ4n) is 12.0. The summed E-state index contributed by atoms with van der Waals surface area (Å²) in [7, 11) is 5.93. The highest BCUT2D eigenvalue weighted by Gasteiger charge is 2.23. The van der Waals surface area contributed by atoms with Gasteiger partial charge in [0.2, 0.25) is 35.0 Å². The predicted octanol–water partition coefficient (Wildman–Crippen LogP) is 15.6. The lowest BCUT2D eigenvalue weighted by molar-refractivity contribution is -0.663. The van der Waals surface area contributed by atoms with Gasteiger partial charge in [0.15, 0.2) is 17.1 Å². The molecule has 0 aliphatic carbocycles. The Morgan fingerprint density at radius 2 is 0.622 bits per heavy atom. The van der Waals surface area contributed by atoms with Crippen LogP contribution in [-0.4, -0.2) is 39.9 Å². The minimum atomic E-state index is -0.549. The van der Waals surface area contributed by atoms with Crippen molar-refractivity contribution in [1.29, 1.82) is 0 Å². The highest BCUT2D eigenvalue weighted by Crippen LogP contribution is 2.38. The van der Waals surface area contributed by atoms with Crippen LogP contribution in [0, 0.1) is 80.2 Å². The van der Waals surface area contributed by atoms with E-state index in [-0.39, 0.29) is 0 Å². The average molecular weight is 1200 g/mol. The number of halogens is 3. The van der Waals surface area contributed by atoms with Crippen molar-refractivity contribution in [2.45, 2.75) is 62.3 Å². The number of furan rings is 3. The molecule has 15 aromatic rings. The summed E-state index contributed by atoms with van der Waals surface area (Å²) < 4.78 is 64.0. The molecule has 14 nitrogen and oxygen atoms in total. The third-order valence-electron chi connectivity index (χ3n) is 16.1. The van der Waals surface area contributed by atoms with Gasteiger partial charge in [0.05, 0.1) is 21.1 Å². The van der Waals surface area contributed by atoms with E-state index in [2.05, 4.69) is 115 Å². The van der Waals surface area contributed by atoms with Crippen molar-refractivity contribution in [3.8, 4) is 67.5 Å². The van der Waals surface area contributed by atoms with Gasteiger partial charge in [0, 0.05) is 107 Å². The highest BCUT2D eigenvalue weighted by atomic mass is 19.1. The van der Waals surface area contributed by atoms with Gasteiger partial charge in [-0.1, -0.05) is 17.2 Å². The number of hydrogen-bond acceptors (Lipinski definition) is 11. The minimum Gasteiger partial charge on any atom is -0.438 e. The molecule has 0 radical (unpaired) electrons. The second-order valence-electron chi connectivity index (χ2n) is 23.2. The molecular formula is C73H61F3N11O3+3. The third kappa shape index (κ3) is 11.3. The molecule has 15 rings (SSSR count). The van der Waals surface area contributed by atoms with E-state index in [4.69, 9.17) is 13.3 Å². The van der Waals surface area contributed by atoms with Crippen molar-refractivity contribution in [1.82, 2.24) is 39.9 Å². The second-order valence-corrected chi connectivity index (χ2v) is 23.2. The fraction of sp³-hybridized carbons (Fsp3) is 0.164. The quantitative estimate of drug-likeness (QED) is 0.115. The van der Waals surface area contributed by atoms with Gasteiger partial charge in [-0.2, -0.15) is 28.1 Å². The molecule has 0 saturated carbocycles. The lowest BCUT2D eigenvalue weighted by Gasteiger charge is -2.08. The molecule has 0 fully saturated rings. The van der Waals surface area contributed by atoms with E-state index < -0.39 is 17.8 Å². The first-order valence-corrected chi connectivity index (χ1v) is 29.2. The normalized spacial score (nSPS) is 11.5. The Hall–Kier alpha value is -10.9. The molecule has 0 bridgehead atoms. The van der Waals surface area contributed by atoms with Gasteiger partial charge >= 0.3 is 0 Å². The number of pyridine rings is 5. The molecule has 0 spiro atoms. The molecule has 0 N–H and O–H groups in total. The summed E-state index contributed by atoms with van der Waals surface area (Å²) in [5, 5.41) is 5.17. The maximum Gasteiger partial charge on any atom is 0.287 e. The van der Waals surface area contributed by atoms with Crippen LogP contribution in [0.2, 0.25) is 0 Å². The minimum absolute atomic E-state index is 0.309. The molecule has 444 valence electrons. The molecule has 0 aliphatic heterocycles. The first-order valence-electron chi connectivity index (χ1n) is 29.2. The zero-order chi connectivity index (χ0) is 63.0. The van der Waals surface area contributed by atoms with Gasteiger partial charge in [-0.15, -0.1) is 0 Å². The summed E-state index contributed by atoms with van der Waals surface area (Å²) in [6.07, 6.45) is 5.48. The van der Waals surface area contributed by atoms with Gasteiger partial charge in [-0.05, 0) is 203 Å². The van der Waals surface area contributed by atoms with Crippen LogP contribution in [-0.2, 0) is 21.1 Å². The maximum absolute atomic E-state index is 13.5. The van der Waals surface area contributed by atoms with Crippen LogP contribution in [0.15, 0.2) is 166 Å². The van der Waals surface area contributed by atoms with E-state index in [0.29, 0.717) is 33.9 Å². The topological polar surface area (TPSA) is 154 Å². The van der Waals surface area contributed by atoms with E-state index in [1.807, 2.05) is 138 Å². The smallest absolute Gasteiger partial charge is 0.287 e. The number of hydrogen-bond donors (Lipinski definition) is 0. The number of nitrogens with zero attached hydrogens (tertiary/aromatic N) is 11. The van der Waals surface area contributed by atoms with Crippen LogP contribution in [0.1, 0.15) is 50.6 Å². The summed E-state index contributed by atoms with van der Waals surface area (Å²) in [5.41, 5.74) is 24.6. The Kier molecular flexibility index (Phi) is 14.8. The summed E-state index contributed by atoms with van der Waals surface area (Å²) in [6, 6.07) is 42.3. The first kappa shape index (κ1) is 58.1. The summed E-state index contributed by atoms with van der Waals surface area (Å²) >= 11 is 0. The SMILES string of the molecule is Cc1cc(-c2cc(-c3cc4c(cc3C)oc3nc(F)ccc34)[n+](C)cn2)cc(C)n1.Cc1cc(-c2cc(-c3cc4oc5nc(F)ccc5c4cc3C)[n+](C)cn2)cc(C)n1.Cc1cc(C)cc(-c2cc(-c3cc4c(cc3C)oc3nc(F)ccc34)[n+](C)cn2)c1. The largest absolute Gasteiger partial charge is 0.438 e. The molecule has 11 heterocycles. The Bertz CT molecular complexity index is 5130. The van der Waals surface area contributed by atoms with Gasteiger partial charge in [-0.25, -0.2) is 13.7 Å². The van der Waals surface area contributed by atoms with Crippen molar-refractivity contribution in [3.05, 3.63) is 221 Å². The standard InChI is InChI=1S/C25H21FN3O.2C24H20FN4O/c1-14-7-15(2)9-17(8-14)21-12-22(29(4)13-27-21)19-11-20-18-5-6-24(26)28-25(18)30-23(20)10-16(19)3;1-13-7-22-19(17-5-6-23(25)28-24(17)30-22)10-18(13)21-11-20(26-12-29(21)4)16-8-14(2)27-15(3)9-16;1-13-7-19-17-5-6-23(25)28-24(17)30-22(19)10-18(13)21-11-20(26-12-29(21)4)16-8-14(2)27-15(3)9-16/h5-13H,1-4H3;2*5-12H,1-4H3/q3*+1. The van der Waals surface area contributed by atoms with E-state index in [1.165, 1.54) is 29.3 Å². The van der Waals surface area contributed by atoms with E-state index in [9.17, 15) is 13.2 Å². The van der Waals surface area contributed by atoms with Crippen molar-refractivity contribution < 1.29 is 40.1 Å². The van der Waals surface area contributed by atoms with Crippen molar-refractivity contribution >= 4 is 66.2 Å². The summed E-state index contributed by atoms with van der Waals surface area (Å²) in [6.45, 7) is 18.3. The maximum atomic E-state index is 13.5. The Labute approximate surface area is 515 Å². The van der Waals surface area contributed by atoms with Crippen LogP contribution in [0.25, 0.3) is 134 Å². The molecule has 4 aromatic carbocycles. The molecule has 0 unspecified atom stereocenters. The van der Waals surface area contributed by atoms with Crippen LogP contribution in [0.4, 0.5) is 13.2 Å². The van der Waals surface area contributed by atoms with E-state index in [0.717, 1.165) is 139 Å². The molecular weight excluding hydrogens is 1140 g/mol. The van der Waals surface area contributed by atoms with Crippen LogP contribution in [0.5, 0.6) is 0 Å². The van der Waals surface area contributed by atoms with Crippen molar-refractivity contribution in [2.24, 2.45) is 21.1 Å². The Morgan fingerprint density at radius 3 is 0.989 bits per heavy atom. The number of aromatic nitrogens is 11. The molecule has 11 aromatic heterocycles. The lowest BCUT2D eigenvalue weighted by atomic mass is 9.99. The highest BCUT2D eigenvalue weighted by molar-refractivity contribution is 6.07.